The van der Waals surface area contributed by atoms with E-state index < -0.39 is 0 Å². The van der Waals surface area contributed by atoms with E-state index in [1.54, 1.807) is 11.7 Å². The monoisotopic (exact) mass is 317 g/mol. The predicted octanol–water partition coefficient (Wildman–Crippen LogP) is 4.14. The first-order chi connectivity index (χ1) is 7.59. The van der Waals surface area contributed by atoms with Crippen LogP contribution in [0.2, 0.25) is 5.15 Å². The summed E-state index contributed by atoms with van der Waals surface area (Å²) in [5.41, 5.74) is 2.67. The van der Waals surface area contributed by atoms with Crippen LogP contribution in [0.1, 0.15) is 25.5 Å². The van der Waals surface area contributed by atoms with E-state index in [-0.39, 0.29) is 0 Å². The maximum atomic E-state index is 6.07. The van der Waals surface area contributed by atoms with Gasteiger partial charge in [0, 0.05) is 6.20 Å². The molecule has 0 aliphatic heterocycles. The largest absolute Gasteiger partial charge is 0.252 e. The van der Waals surface area contributed by atoms with Gasteiger partial charge in [0.25, 0.3) is 0 Å². The quantitative estimate of drug-likeness (QED) is 0.781. The Hall–Kier alpha value is -0.520. The lowest BCUT2D eigenvalue weighted by Gasteiger charge is -2.09. The Balaban J connectivity index is 2.57. The van der Waals surface area contributed by atoms with Crippen LogP contribution in [-0.4, -0.2) is 15.0 Å². The highest BCUT2D eigenvalue weighted by molar-refractivity contribution is 9.10. The van der Waals surface area contributed by atoms with Crippen molar-refractivity contribution in [3.05, 3.63) is 27.0 Å². The summed E-state index contributed by atoms with van der Waals surface area (Å²) in [4.78, 5) is 13.7. The standard InChI is InChI=1S/C10H9BrClN3S/c1-5(2)8-7(11)9(12)15-10(14-8)6-3-13-4-16-6/h3-5H,1-2H3. The van der Waals surface area contributed by atoms with Crippen LogP contribution in [0.15, 0.2) is 16.2 Å². The molecule has 0 saturated carbocycles. The lowest BCUT2D eigenvalue weighted by Crippen LogP contribution is -1.99. The summed E-state index contributed by atoms with van der Waals surface area (Å²) < 4.78 is 0.775. The lowest BCUT2D eigenvalue weighted by atomic mass is 10.1. The minimum absolute atomic E-state index is 0.293. The molecule has 6 heteroatoms. The molecule has 0 N–H and O–H groups in total. The van der Waals surface area contributed by atoms with Crippen molar-refractivity contribution in [2.45, 2.75) is 19.8 Å². The van der Waals surface area contributed by atoms with E-state index in [4.69, 9.17) is 11.6 Å². The van der Waals surface area contributed by atoms with Gasteiger partial charge in [0.2, 0.25) is 0 Å². The summed E-state index contributed by atoms with van der Waals surface area (Å²) in [5.74, 6) is 0.931. The molecule has 84 valence electrons. The SMILES string of the molecule is CC(C)c1nc(-c2cncs2)nc(Cl)c1Br. The highest BCUT2D eigenvalue weighted by atomic mass is 79.9. The van der Waals surface area contributed by atoms with Gasteiger partial charge in [-0.1, -0.05) is 25.4 Å². The molecule has 0 spiro atoms. The van der Waals surface area contributed by atoms with Crippen LogP contribution in [0.25, 0.3) is 10.7 Å². The first-order valence-electron chi connectivity index (χ1n) is 4.71. The van der Waals surface area contributed by atoms with Crippen molar-refractivity contribution in [1.82, 2.24) is 15.0 Å². The zero-order chi connectivity index (χ0) is 11.7. The molecule has 0 fully saturated rings. The maximum absolute atomic E-state index is 6.07. The molecule has 0 unspecified atom stereocenters. The zero-order valence-corrected chi connectivity index (χ0v) is 11.9. The van der Waals surface area contributed by atoms with Gasteiger partial charge in [-0.15, -0.1) is 11.3 Å². The summed E-state index contributed by atoms with van der Waals surface area (Å²) in [6, 6.07) is 0. The maximum Gasteiger partial charge on any atom is 0.172 e. The highest BCUT2D eigenvalue weighted by Gasteiger charge is 2.15. The normalized spacial score (nSPS) is 11.1. The topological polar surface area (TPSA) is 38.7 Å². The van der Waals surface area contributed by atoms with Gasteiger partial charge in [-0.05, 0) is 21.8 Å². The number of hydrogen-bond donors (Lipinski definition) is 0. The van der Waals surface area contributed by atoms with Gasteiger partial charge in [0.1, 0.15) is 5.15 Å². The molecule has 0 aliphatic rings. The number of hydrogen-bond acceptors (Lipinski definition) is 4. The summed E-state index contributed by atoms with van der Waals surface area (Å²) in [5, 5.41) is 0.446. The van der Waals surface area contributed by atoms with Crippen LogP contribution in [0.3, 0.4) is 0 Å². The average Bonchev–Trinajstić information content (AvgIpc) is 2.74. The Kier molecular flexibility index (Phi) is 3.56. The van der Waals surface area contributed by atoms with Crippen molar-refractivity contribution in [2.75, 3.05) is 0 Å². The van der Waals surface area contributed by atoms with E-state index in [1.165, 1.54) is 11.3 Å². The van der Waals surface area contributed by atoms with Crippen LogP contribution in [-0.2, 0) is 0 Å². The van der Waals surface area contributed by atoms with E-state index >= 15 is 0 Å². The molecular weight excluding hydrogens is 310 g/mol. The minimum Gasteiger partial charge on any atom is -0.252 e. The van der Waals surface area contributed by atoms with Gasteiger partial charge in [-0.2, -0.15) is 0 Å². The third kappa shape index (κ3) is 2.26. The third-order valence-electron chi connectivity index (χ3n) is 2.04. The molecule has 3 nitrogen and oxygen atoms in total. The molecule has 0 bridgehead atoms. The zero-order valence-electron chi connectivity index (χ0n) is 8.74. The van der Waals surface area contributed by atoms with Crippen LogP contribution < -0.4 is 0 Å². The van der Waals surface area contributed by atoms with E-state index in [1.807, 2.05) is 0 Å². The van der Waals surface area contributed by atoms with Crippen LogP contribution >= 0.6 is 38.9 Å². The smallest absolute Gasteiger partial charge is 0.172 e. The van der Waals surface area contributed by atoms with Crippen molar-refractivity contribution < 1.29 is 0 Å². The van der Waals surface area contributed by atoms with Crippen LogP contribution in [0.4, 0.5) is 0 Å². The fourth-order valence-electron chi connectivity index (χ4n) is 1.25. The third-order valence-corrected chi connectivity index (χ3v) is 4.09. The van der Waals surface area contributed by atoms with E-state index in [9.17, 15) is 0 Å². The second-order valence-corrected chi connectivity index (χ2v) is 5.59. The number of nitrogens with zero attached hydrogens (tertiary/aromatic N) is 3. The molecule has 2 heterocycles. The first-order valence-corrected chi connectivity index (χ1v) is 6.76. The lowest BCUT2D eigenvalue weighted by molar-refractivity contribution is 0.809. The van der Waals surface area contributed by atoms with E-state index in [2.05, 4.69) is 44.7 Å². The van der Waals surface area contributed by atoms with Gasteiger partial charge in [-0.25, -0.2) is 9.97 Å². The van der Waals surface area contributed by atoms with Gasteiger partial charge in [0.15, 0.2) is 5.82 Å². The molecule has 0 atom stereocenters. The van der Waals surface area contributed by atoms with Gasteiger partial charge < -0.3 is 0 Å². The molecule has 0 radical (unpaired) electrons. The number of aromatic nitrogens is 3. The molecular formula is C10H9BrClN3S. The van der Waals surface area contributed by atoms with Gasteiger partial charge in [0.05, 0.1) is 20.6 Å². The Morgan fingerprint density at radius 1 is 1.38 bits per heavy atom. The van der Waals surface area contributed by atoms with E-state index in [0.29, 0.717) is 16.9 Å². The summed E-state index contributed by atoms with van der Waals surface area (Å²) in [6.07, 6.45) is 1.74. The molecule has 16 heavy (non-hydrogen) atoms. The minimum atomic E-state index is 0.293. The Bertz CT molecular complexity index is 499. The molecule has 0 amide bonds. The number of halogens is 2. The molecule has 0 aromatic carbocycles. The van der Waals surface area contributed by atoms with E-state index in [0.717, 1.165) is 15.0 Å². The average molecular weight is 319 g/mol. The van der Waals surface area contributed by atoms with Crippen molar-refractivity contribution in [1.29, 1.82) is 0 Å². The Morgan fingerprint density at radius 3 is 2.69 bits per heavy atom. The second-order valence-electron chi connectivity index (χ2n) is 3.56. The van der Waals surface area contributed by atoms with Gasteiger partial charge >= 0.3 is 0 Å². The Morgan fingerprint density at radius 2 is 2.12 bits per heavy atom. The Labute approximate surface area is 111 Å². The van der Waals surface area contributed by atoms with Crippen molar-refractivity contribution in [3.8, 4) is 10.7 Å². The van der Waals surface area contributed by atoms with Gasteiger partial charge in [-0.3, -0.25) is 4.98 Å². The fraction of sp³-hybridized carbons (Fsp3) is 0.300. The molecule has 0 aliphatic carbocycles. The number of thiazole rings is 1. The van der Waals surface area contributed by atoms with Crippen molar-refractivity contribution >= 4 is 38.9 Å². The molecule has 0 saturated heterocycles. The summed E-state index contributed by atoms with van der Waals surface area (Å²) in [7, 11) is 0. The predicted molar refractivity (Wildman–Crippen MR) is 69.9 cm³/mol. The van der Waals surface area contributed by atoms with Crippen LogP contribution in [0, 0.1) is 0 Å². The fourth-order valence-corrected chi connectivity index (χ4v) is 2.62. The summed E-state index contributed by atoms with van der Waals surface area (Å²) in [6.45, 7) is 4.14. The highest BCUT2D eigenvalue weighted by Crippen LogP contribution is 2.31. The summed E-state index contributed by atoms with van der Waals surface area (Å²) >= 11 is 11.0. The van der Waals surface area contributed by atoms with Crippen LogP contribution in [0.5, 0.6) is 0 Å². The first kappa shape index (κ1) is 12.0. The van der Waals surface area contributed by atoms with Crippen molar-refractivity contribution in [3.63, 3.8) is 0 Å². The molecule has 2 aromatic heterocycles. The molecule has 2 rings (SSSR count). The van der Waals surface area contributed by atoms with Crippen molar-refractivity contribution in [2.24, 2.45) is 0 Å². The second kappa shape index (κ2) is 4.77. The molecule has 2 aromatic rings. The number of rotatable bonds is 2.